The maximum Gasteiger partial charge on any atom is 0.407 e. The molecule has 2 N–H and O–H groups in total. The molecule has 2 atom stereocenters. The summed E-state index contributed by atoms with van der Waals surface area (Å²) in [6.45, 7) is 3.03. The smallest absolute Gasteiger partial charge is 0.407 e. The maximum atomic E-state index is 14.9. The Morgan fingerprint density at radius 1 is 1.19 bits per heavy atom. The number of hydrogen-bond acceptors (Lipinski definition) is 3. The second-order valence-electron chi connectivity index (χ2n) is 8.59. The fourth-order valence-electron chi connectivity index (χ4n) is 4.68. The van der Waals surface area contributed by atoms with Crippen molar-refractivity contribution >= 4 is 6.09 Å². The van der Waals surface area contributed by atoms with E-state index < -0.39 is 12.2 Å². The average molecular weight is 444 g/mol. The normalized spacial score (nSPS) is 16.7. The van der Waals surface area contributed by atoms with Crippen molar-refractivity contribution in [2.24, 2.45) is 5.92 Å². The Morgan fingerprint density at radius 3 is 2.56 bits per heavy atom. The minimum absolute atomic E-state index is 0.119. The Morgan fingerprint density at radius 2 is 1.91 bits per heavy atom. The van der Waals surface area contributed by atoms with Crippen molar-refractivity contribution in [3.8, 4) is 11.1 Å². The molecule has 32 heavy (non-hydrogen) atoms. The summed E-state index contributed by atoms with van der Waals surface area (Å²) in [4.78, 5) is 12.5. The van der Waals surface area contributed by atoms with E-state index in [-0.39, 0.29) is 17.8 Å². The van der Waals surface area contributed by atoms with Crippen LogP contribution in [0, 0.1) is 11.7 Å². The molecule has 0 saturated carbocycles. The van der Waals surface area contributed by atoms with Gasteiger partial charge in [-0.15, -0.1) is 0 Å². The molecule has 3 rings (SSSR count). The fraction of sp³-hybridized carbons (Fsp3) is 0.500. The van der Waals surface area contributed by atoms with Crippen molar-refractivity contribution in [2.45, 2.75) is 57.7 Å². The van der Waals surface area contributed by atoms with Gasteiger partial charge in [0, 0.05) is 25.8 Å². The van der Waals surface area contributed by atoms with Gasteiger partial charge in [0.1, 0.15) is 5.82 Å². The molecule has 0 bridgehead atoms. The fourth-order valence-corrected chi connectivity index (χ4v) is 4.68. The summed E-state index contributed by atoms with van der Waals surface area (Å²) in [5.74, 6) is -0.142. The molecule has 1 aliphatic heterocycles. The van der Waals surface area contributed by atoms with E-state index in [2.05, 4.69) is 6.92 Å². The van der Waals surface area contributed by atoms with Gasteiger partial charge in [0.15, 0.2) is 0 Å². The number of carbonyl (C=O) groups is 1. The summed E-state index contributed by atoms with van der Waals surface area (Å²) < 4.78 is 20.7. The van der Waals surface area contributed by atoms with E-state index in [0.29, 0.717) is 44.3 Å². The van der Waals surface area contributed by atoms with Crippen LogP contribution in [0.3, 0.4) is 0 Å². The van der Waals surface area contributed by atoms with Gasteiger partial charge in [-0.2, -0.15) is 0 Å². The van der Waals surface area contributed by atoms with Gasteiger partial charge < -0.3 is 19.8 Å². The van der Waals surface area contributed by atoms with E-state index in [1.807, 2.05) is 30.3 Å². The van der Waals surface area contributed by atoms with Crippen molar-refractivity contribution in [2.75, 3.05) is 20.2 Å². The molecule has 1 amide bonds. The number of aliphatic hydroxyl groups excluding tert-OH is 1. The zero-order valence-corrected chi connectivity index (χ0v) is 19.0. The minimum Gasteiger partial charge on any atom is -0.465 e. The summed E-state index contributed by atoms with van der Waals surface area (Å²) in [5, 5.41) is 19.7. The molecule has 1 aliphatic rings. The molecule has 1 fully saturated rings. The molecule has 5 nitrogen and oxygen atoms in total. The van der Waals surface area contributed by atoms with Gasteiger partial charge in [-0.05, 0) is 67.2 Å². The Bertz CT molecular complexity index is 895. The number of ether oxygens (including phenoxy) is 1. The van der Waals surface area contributed by atoms with E-state index in [1.165, 1.54) is 11.0 Å². The van der Waals surface area contributed by atoms with Gasteiger partial charge in [-0.25, -0.2) is 9.18 Å². The SMILES string of the molecule is CCc1cccc(-c2c(F)cccc2C(CCCC(O)C2CCN(C(=O)O)CC2)OC)c1. The maximum absolute atomic E-state index is 14.9. The number of carboxylic acid groups (broad SMARTS) is 1. The van der Waals surface area contributed by atoms with Crippen LogP contribution in [0.5, 0.6) is 0 Å². The van der Waals surface area contributed by atoms with Crippen LogP contribution < -0.4 is 0 Å². The van der Waals surface area contributed by atoms with Gasteiger partial charge >= 0.3 is 6.09 Å². The molecule has 2 unspecified atom stereocenters. The van der Waals surface area contributed by atoms with Crippen LogP contribution in [0.15, 0.2) is 42.5 Å². The summed E-state index contributed by atoms with van der Waals surface area (Å²) in [6, 6.07) is 13.1. The molecule has 2 aromatic carbocycles. The molecule has 1 heterocycles. The third-order valence-corrected chi connectivity index (χ3v) is 6.62. The first-order valence-corrected chi connectivity index (χ1v) is 11.5. The third-order valence-electron chi connectivity index (χ3n) is 6.62. The van der Waals surface area contributed by atoms with E-state index >= 15 is 0 Å². The van der Waals surface area contributed by atoms with Crippen molar-refractivity contribution in [3.63, 3.8) is 0 Å². The molecule has 0 aromatic heterocycles. The van der Waals surface area contributed by atoms with Crippen LogP contribution in [-0.4, -0.2) is 47.5 Å². The lowest BCUT2D eigenvalue weighted by Gasteiger charge is -2.32. The molecular weight excluding hydrogens is 409 g/mol. The highest BCUT2D eigenvalue weighted by Crippen LogP contribution is 2.35. The van der Waals surface area contributed by atoms with Crippen molar-refractivity contribution < 1.29 is 24.1 Å². The Labute approximate surface area is 189 Å². The van der Waals surface area contributed by atoms with E-state index in [4.69, 9.17) is 9.84 Å². The first-order valence-electron chi connectivity index (χ1n) is 11.5. The predicted octanol–water partition coefficient (Wildman–Crippen LogP) is 5.66. The van der Waals surface area contributed by atoms with E-state index in [1.54, 1.807) is 13.2 Å². The molecule has 0 radical (unpaired) electrons. The second-order valence-corrected chi connectivity index (χ2v) is 8.59. The lowest BCUT2D eigenvalue weighted by molar-refractivity contribution is 0.0443. The zero-order valence-electron chi connectivity index (χ0n) is 19.0. The Balaban J connectivity index is 1.65. The number of benzene rings is 2. The number of likely N-dealkylation sites (tertiary alicyclic amines) is 1. The minimum atomic E-state index is -0.892. The molecule has 174 valence electrons. The first kappa shape index (κ1) is 24.2. The summed E-state index contributed by atoms with van der Waals surface area (Å²) in [7, 11) is 1.64. The van der Waals surface area contributed by atoms with Gasteiger partial charge in [0.05, 0.1) is 12.2 Å². The Kier molecular flexibility index (Phi) is 8.65. The number of aryl methyl sites for hydroxylation is 1. The molecule has 1 saturated heterocycles. The number of amides is 1. The van der Waals surface area contributed by atoms with E-state index in [0.717, 1.165) is 29.5 Å². The Hall–Kier alpha value is -2.44. The number of piperidine rings is 1. The van der Waals surface area contributed by atoms with Crippen LogP contribution in [-0.2, 0) is 11.2 Å². The van der Waals surface area contributed by atoms with Gasteiger partial charge in [0.25, 0.3) is 0 Å². The highest BCUT2D eigenvalue weighted by Gasteiger charge is 2.27. The lowest BCUT2D eigenvalue weighted by atomic mass is 9.87. The number of hydrogen-bond donors (Lipinski definition) is 2. The van der Waals surface area contributed by atoms with Crippen LogP contribution in [0.25, 0.3) is 11.1 Å². The number of methoxy groups -OCH3 is 1. The molecule has 0 aliphatic carbocycles. The lowest BCUT2D eigenvalue weighted by Crippen LogP contribution is -2.40. The van der Waals surface area contributed by atoms with Crippen molar-refractivity contribution in [3.05, 3.63) is 59.4 Å². The molecule has 6 heteroatoms. The average Bonchev–Trinajstić information content (AvgIpc) is 2.81. The second kappa shape index (κ2) is 11.4. The standard InChI is InChI=1S/C26H34FNO4/c1-3-18-7-4-8-20(17-18)25-21(9-5-10-22(25)27)24(32-2)12-6-11-23(29)19-13-15-28(16-14-19)26(30)31/h4-5,7-10,17,19,23-24,29H,3,6,11-16H2,1-2H3,(H,30,31). The van der Waals surface area contributed by atoms with Gasteiger partial charge in [-0.3, -0.25) is 0 Å². The number of halogens is 1. The van der Waals surface area contributed by atoms with Gasteiger partial charge in [0.2, 0.25) is 0 Å². The highest BCUT2D eigenvalue weighted by atomic mass is 19.1. The predicted molar refractivity (Wildman–Crippen MR) is 123 cm³/mol. The van der Waals surface area contributed by atoms with Crippen LogP contribution in [0.2, 0.25) is 0 Å². The first-order chi connectivity index (χ1) is 15.4. The summed E-state index contributed by atoms with van der Waals surface area (Å²) in [5.41, 5.74) is 3.41. The summed E-state index contributed by atoms with van der Waals surface area (Å²) in [6.07, 6.45) is 2.66. The molecular formula is C26H34FNO4. The van der Waals surface area contributed by atoms with Crippen LogP contribution >= 0.6 is 0 Å². The monoisotopic (exact) mass is 443 g/mol. The van der Waals surface area contributed by atoms with Gasteiger partial charge in [-0.1, -0.05) is 43.3 Å². The quantitative estimate of drug-likeness (QED) is 0.524. The summed E-state index contributed by atoms with van der Waals surface area (Å²) >= 11 is 0. The zero-order chi connectivity index (χ0) is 23.1. The largest absolute Gasteiger partial charge is 0.465 e. The van der Waals surface area contributed by atoms with E-state index in [9.17, 15) is 14.3 Å². The van der Waals surface area contributed by atoms with Crippen LogP contribution in [0.4, 0.5) is 9.18 Å². The van der Waals surface area contributed by atoms with Crippen LogP contribution in [0.1, 0.15) is 56.3 Å². The number of aliphatic hydroxyl groups is 1. The van der Waals surface area contributed by atoms with Crippen molar-refractivity contribution in [1.82, 2.24) is 4.90 Å². The highest BCUT2D eigenvalue weighted by molar-refractivity contribution is 5.69. The molecule has 2 aromatic rings. The number of nitrogens with zero attached hydrogens (tertiary/aromatic N) is 1. The third kappa shape index (κ3) is 5.87. The topological polar surface area (TPSA) is 70.0 Å². The molecule has 0 spiro atoms. The number of rotatable bonds is 9. The van der Waals surface area contributed by atoms with Crippen molar-refractivity contribution in [1.29, 1.82) is 0 Å².